The summed E-state index contributed by atoms with van der Waals surface area (Å²) < 4.78 is 36.7. The number of hydrogen-bond acceptors (Lipinski definition) is 3. The first-order valence-electron chi connectivity index (χ1n) is 7.83. The highest BCUT2D eigenvalue weighted by atomic mass is 127. The molecule has 11 heteroatoms. The third kappa shape index (κ3) is 11.1. The van der Waals surface area contributed by atoms with E-state index in [4.69, 9.17) is 0 Å². The number of carbonyl (C=O) groups is 2. The van der Waals surface area contributed by atoms with Gasteiger partial charge >= 0.3 is 6.18 Å². The number of amides is 2. The van der Waals surface area contributed by atoms with Crippen LogP contribution in [0.4, 0.5) is 13.2 Å². The van der Waals surface area contributed by atoms with Crippen LogP contribution in [0.2, 0.25) is 0 Å². The van der Waals surface area contributed by atoms with Crippen LogP contribution >= 0.6 is 24.0 Å². The Bertz CT molecular complexity index is 470. The number of rotatable bonds is 8. The zero-order valence-corrected chi connectivity index (χ0v) is 16.6. The molecule has 0 atom stereocenters. The zero-order chi connectivity index (χ0) is 18.2. The van der Waals surface area contributed by atoms with Crippen molar-refractivity contribution in [2.24, 2.45) is 10.9 Å². The maximum absolute atomic E-state index is 12.2. The molecule has 1 rings (SSSR count). The summed E-state index contributed by atoms with van der Waals surface area (Å²) >= 11 is 0. The number of halogens is 4. The summed E-state index contributed by atoms with van der Waals surface area (Å²) in [5, 5.41) is 8.56. The standard InChI is InChI=1S/C14H24F3N5O2.HI/c1-3-18-13(20-7-6-19-12(24)10-4-5-10)21-8-11(23)22(2)9-14(15,16)17;/h10H,3-9H2,1-2H3,(H,19,24)(H2,18,20,21);1H. The summed E-state index contributed by atoms with van der Waals surface area (Å²) in [7, 11) is 1.08. The van der Waals surface area contributed by atoms with E-state index in [1.54, 1.807) is 0 Å². The molecule has 0 spiro atoms. The molecule has 25 heavy (non-hydrogen) atoms. The second kappa shape index (κ2) is 11.4. The summed E-state index contributed by atoms with van der Waals surface area (Å²) in [5.41, 5.74) is 0. The van der Waals surface area contributed by atoms with Crippen molar-refractivity contribution < 1.29 is 22.8 Å². The molecule has 2 amide bonds. The van der Waals surface area contributed by atoms with Crippen molar-refractivity contribution in [3.05, 3.63) is 0 Å². The number of aliphatic imine (C=N–C) groups is 1. The minimum absolute atomic E-state index is 0. The van der Waals surface area contributed by atoms with Crippen molar-refractivity contribution in [3.63, 3.8) is 0 Å². The number of carbonyl (C=O) groups excluding carboxylic acids is 2. The molecule has 3 N–H and O–H groups in total. The summed E-state index contributed by atoms with van der Waals surface area (Å²) in [6.07, 6.45) is -2.58. The highest BCUT2D eigenvalue weighted by Crippen LogP contribution is 2.28. The number of nitrogens with one attached hydrogen (secondary N) is 3. The minimum Gasteiger partial charge on any atom is -0.357 e. The third-order valence-corrected chi connectivity index (χ3v) is 3.22. The molecule has 0 aromatic heterocycles. The molecule has 0 heterocycles. The van der Waals surface area contributed by atoms with E-state index in [9.17, 15) is 22.8 Å². The number of alkyl halides is 3. The Morgan fingerprint density at radius 2 is 1.76 bits per heavy atom. The first-order valence-corrected chi connectivity index (χ1v) is 7.83. The predicted octanol–water partition coefficient (Wildman–Crippen LogP) is 0.706. The van der Waals surface area contributed by atoms with Crippen molar-refractivity contribution in [2.45, 2.75) is 25.9 Å². The van der Waals surface area contributed by atoms with Gasteiger partial charge in [-0.25, -0.2) is 4.99 Å². The highest BCUT2D eigenvalue weighted by molar-refractivity contribution is 14.0. The molecule has 0 aromatic carbocycles. The summed E-state index contributed by atoms with van der Waals surface area (Å²) in [4.78, 5) is 27.6. The summed E-state index contributed by atoms with van der Waals surface area (Å²) in [6.45, 7) is 1.46. The van der Waals surface area contributed by atoms with Crippen LogP contribution in [0.1, 0.15) is 19.8 Å². The van der Waals surface area contributed by atoms with E-state index in [0.29, 0.717) is 30.5 Å². The van der Waals surface area contributed by atoms with Crippen molar-refractivity contribution in [1.82, 2.24) is 20.9 Å². The maximum Gasteiger partial charge on any atom is 0.406 e. The fourth-order valence-corrected chi connectivity index (χ4v) is 1.82. The topological polar surface area (TPSA) is 85.8 Å². The first kappa shape index (κ1) is 23.7. The van der Waals surface area contributed by atoms with E-state index in [1.807, 2.05) is 6.92 Å². The fourth-order valence-electron chi connectivity index (χ4n) is 1.82. The molecule has 0 bridgehead atoms. The Morgan fingerprint density at radius 3 is 2.28 bits per heavy atom. The summed E-state index contributed by atoms with van der Waals surface area (Å²) in [6, 6.07) is 0. The van der Waals surface area contributed by atoms with Gasteiger partial charge in [0, 0.05) is 32.6 Å². The molecule has 1 aliphatic carbocycles. The lowest BCUT2D eigenvalue weighted by atomic mass is 10.4. The second-order valence-corrected chi connectivity index (χ2v) is 5.55. The van der Waals surface area contributed by atoms with E-state index in [2.05, 4.69) is 20.9 Å². The van der Waals surface area contributed by atoms with Gasteiger partial charge in [-0.15, -0.1) is 24.0 Å². The van der Waals surface area contributed by atoms with E-state index in [1.165, 1.54) is 0 Å². The molecule has 0 aliphatic heterocycles. The van der Waals surface area contributed by atoms with E-state index >= 15 is 0 Å². The highest BCUT2D eigenvalue weighted by Gasteiger charge is 2.31. The molecule has 7 nitrogen and oxygen atoms in total. The second-order valence-electron chi connectivity index (χ2n) is 5.55. The van der Waals surface area contributed by atoms with E-state index in [-0.39, 0.29) is 35.8 Å². The number of nitrogens with zero attached hydrogens (tertiary/aromatic N) is 2. The van der Waals surface area contributed by atoms with Gasteiger partial charge in [0.1, 0.15) is 13.1 Å². The van der Waals surface area contributed by atoms with Crippen molar-refractivity contribution in [3.8, 4) is 0 Å². The Kier molecular flexibility index (Phi) is 10.8. The number of hydrogen-bond donors (Lipinski definition) is 3. The Hall–Kier alpha value is -1.27. The molecular weight excluding hydrogens is 454 g/mol. The van der Waals surface area contributed by atoms with Gasteiger partial charge in [-0.05, 0) is 19.8 Å². The van der Waals surface area contributed by atoms with Crippen LogP contribution in [0.15, 0.2) is 4.99 Å². The fraction of sp³-hybridized carbons (Fsp3) is 0.786. The lowest BCUT2D eigenvalue weighted by molar-refractivity contribution is -0.157. The van der Waals surface area contributed by atoms with Crippen molar-refractivity contribution in [1.29, 1.82) is 0 Å². The Balaban J connectivity index is 0.00000576. The van der Waals surface area contributed by atoms with E-state index < -0.39 is 25.2 Å². The maximum atomic E-state index is 12.2. The van der Waals surface area contributed by atoms with Crippen molar-refractivity contribution in [2.75, 3.05) is 39.8 Å². The van der Waals surface area contributed by atoms with Crippen LogP contribution in [0.3, 0.4) is 0 Å². The SMILES string of the molecule is CCNC(=NCC(=O)N(C)CC(F)(F)F)NCCNC(=O)C1CC1.I. The van der Waals surface area contributed by atoms with Gasteiger partial charge in [0.25, 0.3) is 0 Å². The molecule has 0 aromatic rings. The Labute approximate surface area is 162 Å². The van der Waals surface area contributed by atoms with Gasteiger partial charge < -0.3 is 20.9 Å². The van der Waals surface area contributed by atoms with Crippen molar-refractivity contribution >= 4 is 41.8 Å². The molecule has 0 saturated heterocycles. The minimum atomic E-state index is -4.43. The quantitative estimate of drug-likeness (QED) is 0.207. The molecule has 0 unspecified atom stereocenters. The van der Waals surface area contributed by atoms with Crippen LogP contribution in [0, 0.1) is 5.92 Å². The van der Waals surface area contributed by atoms with Gasteiger partial charge in [0.15, 0.2) is 5.96 Å². The van der Waals surface area contributed by atoms with Gasteiger partial charge in [-0.1, -0.05) is 0 Å². The smallest absolute Gasteiger partial charge is 0.357 e. The van der Waals surface area contributed by atoms with Gasteiger partial charge in [-0.2, -0.15) is 13.2 Å². The van der Waals surface area contributed by atoms with Crippen LogP contribution in [0.25, 0.3) is 0 Å². The van der Waals surface area contributed by atoms with Gasteiger partial charge in [0.05, 0.1) is 0 Å². The number of guanidine groups is 1. The molecular formula is C14H25F3IN5O2. The van der Waals surface area contributed by atoms with Gasteiger partial charge in [-0.3, -0.25) is 9.59 Å². The molecule has 1 aliphatic rings. The van der Waals surface area contributed by atoms with E-state index in [0.717, 1.165) is 19.9 Å². The Morgan fingerprint density at radius 1 is 1.16 bits per heavy atom. The lowest BCUT2D eigenvalue weighted by Crippen LogP contribution is -2.43. The molecule has 1 saturated carbocycles. The third-order valence-electron chi connectivity index (χ3n) is 3.22. The van der Waals surface area contributed by atoms with Gasteiger partial charge in [0.2, 0.25) is 11.8 Å². The predicted molar refractivity (Wildman–Crippen MR) is 98.8 cm³/mol. The molecule has 146 valence electrons. The average molecular weight is 479 g/mol. The largest absolute Gasteiger partial charge is 0.406 e. The normalized spacial score (nSPS) is 14.4. The average Bonchev–Trinajstić information content (AvgIpc) is 3.31. The zero-order valence-electron chi connectivity index (χ0n) is 14.3. The van der Waals surface area contributed by atoms with Crippen LogP contribution in [-0.4, -0.2) is 68.6 Å². The lowest BCUT2D eigenvalue weighted by Gasteiger charge is -2.18. The van der Waals surface area contributed by atoms with Crippen LogP contribution in [0.5, 0.6) is 0 Å². The molecule has 0 radical (unpaired) electrons. The number of likely N-dealkylation sites (N-methyl/N-ethyl adjacent to an activating group) is 1. The first-order chi connectivity index (χ1) is 11.2. The van der Waals surface area contributed by atoms with Crippen LogP contribution < -0.4 is 16.0 Å². The van der Waals surface area contributed by atoms with Crippen LogP contribution in [-0.2, 0) is 9.59 Å². The molecule has 1 fully saturated rings. The monoisotopic (exact) mass is 479 g/mol. The summed E-state index contributed by atoms with van der Waals surface area (Å²) in [5.74, 6) is -0.255.